The molecule has 4 aliphatic rings. The molecule has 5 heteroatoms. The zero-order valence-electron chi connectivity index (χ0n) is 15.2. The van der Waals surface area contributed by atoms with Gasteiger partial charge in [0.15, 0.2) is 5.78 Å². The maximum absolute atomic E-state index is 13.1. The molecule has 0 aliphatic heterocycles. The lowest BCUT2D eigenvalue weighted by Crippen LogP contribution is -2.69. The third-order valence-corrected chi connectivity index (χ3v) is 8.51. The fourth-order valence-electron chi connectivity index (χ4n) is 7.10. The van der Waals surface area contributed by atoms with Gasteiger partial charge in [-0.2, -0.15) is 0 Å². The number of rotatable bonds is 0. The highest BCUT2D eigenvalue weighted by atomic mass is 16.3. The van der Waals surface area contributed by atoms with Crippen LogP contribution in [0.25, 0.3) is 0 Å². The smallest absolute Gasteiger partial charge is 0.170 e. The van der Waals surface area contributed by atoms with Crippen LogP contribution in [0.2, 0.25) is 0 Å². The van der Waals surface area contributed by atoms with Gasteiger partial charge in [0.1, 0.15) is 5.78 Å². The molecule has 138 valence electrons. The van der Waals surface area contributed by atoms with Gasteiger partial charge in [0.2, 0.25) is 0 Å². The number of hydrogen-bond donors (Lipinski definition) is 3. The second kappa shape index (κ2) is 4.81. The van der Waals surface area contributed by atoms with E-state index in [1.165, 1.54) is 0 Å². The van der Waals surface area contributed by atoms with Gasteiger partial charge < -0.3 is 15.3 Å². The van der Waals surface area contributed by atoms with Crippen LogP contribution in [-0.4, -0.2) is 45.2 Å². The maximum Gasteiger partial charge on any atom is 0.170 e. The van der Waals surface area contributed by atoms with Crippen LogP contribution >= 0.6 is 0 Å². The second-order valence-electron chi connectivity index (χ2n) is 9.62. The lowest BCUT2D eigenvalue weighted by atomic mass is 9.39. The summed E-state index contributed by atoms with van der Waals surface area (Å²) in [6, 6.07) is 0. The summed E-state index contributed by atoms with van der Waals surface area (Å²) in [5.41, 5.74) is -1.95. The van der Waals surface area contributed by atoms with Crippen molar-refractivity contribution in [2.75, 3.05) is 0 Å². The van der Waals surface area contributed by atoms with Crippen molar-refractivity contribution in [3.8, 4) is 0 Å². The molecule has 4 rings (SSSR count). The van der Waals surface area contributed by atoms with Gasteiger partial charge >= 0.3 is 0 Å². The molecule has 0 aromatic rings. The highest BCUT2D eigenvalue weighted by Crippen LogP contribution is 2.70. The minimum Gasteiger partial charge on any atom is -0.393 e. The minimum absolute atomic E-state index is 0.0207. The van der Waals surface area contributed by atoms with Crippen molar-refractivity contribution in [3.05, 3.63) is 12.2 Å². The molecule has 0 unspecified atom stereocenters. The third kappa shape index (κ3) is 1.70. The Bertz CT molecular complexity index is 682. The van der Waals surface area contributed by atoms with Crippen molar-refractivity contribution < 1.29 is 24.9 Å². The average Bonchev–Trinajstić information content (AvgIpc) is 2.66. The number of hydrogen-bond acceptors (Lipinski definition) is 5. The fourth-order valence-corrected chi connectivity index (χ4v) is 7.10. The molecular formula is C20H28O5. The van der Waals surface area contributed by atoms with E-state index in [1.807, 2.05) is 13.8 Å². The molecule has 1 spiro atoms. The molecule has 4 aliphatic carbocycles. The molecule has 2 bridgehead atoms. The molecule has 3 N–H and O–H groups in total. The van der Waals surface area contributed by atoms with E-state index in [2.05, 4.69) is 13.5 Å². The number of carbonyl (C=O) groups excluding carboxylic acids is 2. The summed E-state index contributed by atoms with van der Waals surface area (Å²) in [5, 5.41) is 32.6. The molecule has 5 nitrogen and oxygen atoms in total. The van der Waals surface area contributed by atoms with Gasteiger partial charge in [-0.1, -0.05) is 27.4 Å². The van der Waals surface area contributed by atoms with Crippen LogP contribution in [0.1, 0.15) is 46.5 Å². The maximum atomic E-state index is 13.1. The molecule has 0 aromatic heterocycles. The van der Waals surface area contributed by atoms with E-state index in [4.69, 9.17) is 0 Å². The standard InChI is InChI=1S/C20H28O5/c1-9-15-10(21)7-12-19(4)6-5-13(22)18(2,3)11(19)8-14(23)20(12,16(9)24)17(15)25/h11-15,17,22-23,25H,1,5-8H2,2-4H3/t11-,12+,13+,14-,15-,17-,19-,20+/m1/s1. The Morgan fingerprint density at radius 3 is 2.32 bits per heavy atom. The van der Waals surface area contributed by atoms with E-state index >= 15 is 0 Å². The largest absolute Gasteiger partial charge is 0.393 e. The van der Waals surface area contributed by atoms with Crippen molar-refractivity contribution in [1.29, 1.82) is 0 Å². The van der Waals surface area contributed by atoms with Gasteiger partial charge in [0.05, 0.1) is 29.6 Å². The Labute approximate surface area is 148 Å². The Morgan fingerprint density at radius 1 is 1.04 bits per heavy atom. The number of ketones is 2. The topological polar surface area (TPSA) is 94.8 Å². The van der Waals surface area contributed by atoms with Crippen LogP contribution in [0.5, 0.6) is 0 Å². The second-order valence-corrected chi connectivity index (χ2v) is 9.62. The van der Waals surface area contributed by atoms with Crippen LogP contribution in [-0.2, 0) is 9.59 Å². The Morgan fingerprint density at radius 2 is 1.68 bits per heavy atom. The van der Waals surface area contributed by atoms with Crippen molar-refractivity contribution in [2.24, 2.45) is 34.0 Å². The van der Waals surface area contributed by atoms with E-state index in [9.17, 15) is 24.9 Å². The van der Waals surface area contributed by atoms with Gasteiger partial charge in [-0.05, 0) is 41.9 Å². The van der Waals surface area contributed by atoms with E-state index in [0.29, 0.717) is 19.3 Å². The summed E-state index contributed by atoms with van der Waals surface area (Å²) < 4.78 is 0. The van der Waals surface area contributed by atoms with Gasteiger partial charge in [0.25, 0.3) is 0 Å². The number of fused-ring (bicyclic) bond motifs is 3. The van der Waals surface area contributed by atoms with Gasteiger partial charge in [0, 0.05) is 12.0 Å². The molecule has 8 atom stereocenters. The summed E-state index contributed by atoms with van der Waals surface area (Å²) >= 11 is 0. The molecular weight excluding hydrogens is 320 g/mol. The van der Waals surface area contributed by atoms with Gasteiger partial charge in [-0.15, -0.1) is 0 Å². The Balaban J connectivity index is 1.91. The average molecular weight is 348 g/mol. The van der Waals surface area contributed by atoms with Crippen LogP contribution in [0.3, 0.4) is 0 Å². The van der Waals surface area contributed by atoms with Crippen LogP contribution in [0.4, 0.5) is 0 Å². The summed E-state index contributed by atoms with van der Waals surface area (Å²) in [4.78, 5) is 25.8. The third-order valence-electron chi connectivity index (χ3n) is 8.51. The highest BCUT2D eigenvalue weighted by molar-refractivity contribution is 6.12. The van der Waals surface area contributed by atoms with E-state index < -0.39 is 41.0 Å². The van der Waals surface area contributed by atoms with E-state index in [0.717, 1.165) is 0 Å². The Kier molecular flexibility index (Phi) is 3.35. The molecule has 0 saturated heterocycles. The molecule has 0 aromatic carbocycles. The molecule has 0 amide bonds. The van der Waals surface area contributed by atoms with E-state index in [-0.39, 0.29) is 34.9 Å². The zero-order valence-corrected chi connectivity index (χ0v) is 15.2. The summed E-state index contributed by atoms with van der Waals surface area (Å²) in [6.07, 6.45) is -0.828. The first kappa shape index (κ1) is 17.4. The first-order valence-corrected chi connectivity index (χ1v) is 9.31. The Hall–Kier alpha value is -1.04. The molecule has 0 heterocycles. The monoisotopic (exact) mass is 348 g/mol. The lowest BCUT2D eigenvalue weighted by Gasteiger charge is -2.65. The van der Waals surface area contributed by atoms with Crippen molar-refractivity contribution >= 4 is 11.6 Å². The molecule has 4 saturated carbocycles. The summed E-state index contributed by atoms with van der Waals surface area (Å²) in [7, 11) is 0. The van der Waals surface area contributed by atoms with Crippen molar-refractivity contribution in [3.63, 3.8) is 0 Å². The van der Waals surface area contributed by atoms with Crippen LogP contribution in [0.15, 0.2) is 12.2 Å². The number of Topliss-reactive ketones (excluding diaryl/α,β-unsaturated/α-hetero) is 2. The number of aliphatic hydroxyl groups is 3. The quantitative estimate of drug-likeness (QED) is 0.573. The molecule has 0 radical (unpaired) electrons. The fraction of sp³-hybridized carbons (Fsp3) is 0.800. The van der Waals surface area contributed by atoms with Crippen LogP contribution < -0.4 is 0 Å². The number of carbonyl (C=O) groups is 2. The lowest BCUT2D eigenvalue weighted by molar-refractivity contribution is -0.235. The van der Waals surface area contributed by atoms with E-state index in [1.54, 1.807) is 0 Å². The minimum atomic E-state index is -1.31. The SMILES string of the molecule is C=C1C(=O)[C@@]23[C@H](O)C[C@@H]4C(C)(C)[C@@H](O)CC[C@@]4(C)[C@@H]2CC(=O)[C@@H]1[C@H]3O. The zero-order chi connectivity index (χ0) is 18.5. The first-order chi connectivity index (χ1) is 11.5. The van der Waals surface area contributed by atoms with Crippen LogP contribution in [0, 0.1) is 34.0 Å². The molecule has 25 heavy (non-hydrogen) atoms. The normalized spacial score (nSPS) is 54.2. The highest BCUT2D eigenvalue weighted by Gasteiger charge is 2.75. The van der Waals surface area contributed by atoms with Crippen molar-refractivity contribution in [1.82, 2.24) is 0 Å². The summed E-state index contributed by atoms with van der Waals surface area (Å²) in [6.45, 7) is 9.87. The number of aliphatic hydroxyl groups excluding tert-OH is 3. The summed E-state index contributed by atoms with van der Waals surface area (Å²) in [5.74, 6) is -1.75. The molecule has 4 fully saturated rings. The predicted octanol–water partition coefficient (Wildman–Crippen LogP) is 1.25. The predicted molar refractivity (Wildman–Crippen MR) is 90.4 cm³/mol. The van der Waals surface area contributed by atoms with Gasteiger partial charge in [-0.25, -0.2) is 0 Å². The van der Waals surface area contributed by atoms with Crippen molar-refractivity contribution in [2.45, 2.75) is 64.8 Å². The van der Waals surface area contributed by atoms with Gasteiger partial charge in [-0.3, -0.25) is 9.59 Å². The first-order valence-electron chi connectivity index (χ1n) is 9.31.